The van der Waals surface area contributed by atoms with Gasteiger partial charge in [-0.3, -0.25) is 9.59 Å². The maximum Gasteiger partial charge on any atom is 0.302 e. The minimum atomic E-state index is -2.14. The summed E-state index contributed by atoms with van der Waals surface area (Å²) in [6.45, 7) is 14.2. The normalized spacial score (nSPS) is 29.4. The van der Waals surface area contributed by atoms with Crippen molar-refractivity contribution in [1.82, 2.24) is 0 Å². The second kappa shape index (κ2) is 10.6. The number of hydrogen-bond donors (Lipinski definition) is 1. The molecule has 198 valence electrons. The smallest absolute Gasteiger partial charge is 0.302 e. The highest BCUT2D eigenvalue weighted by atomic mass is 28.4. The fourth-order valence-electron chi connectivity index (χ4n) is 6.50. The Balaban J connectivity index is 2.12. The molecule has 1 N–H and O–H groups in total. The van der Waals surface area contributed by atoms with Crippen LogP contribution >= 0.6 is 0 Å². The Morgan fingerprint density at radius 3 is 2.00 bits per heavy atom. The number of carbonyl (C=O) groups excluding carboxylic acids is 2. The van der Waals surface area contributed by atoms with E-state index in [0.29, 0.717) is 5.57 Å². The zero-order chi connectivity index (χ0) is 26.1. The van der Waals surface area contributed by atoms with Crippen LogP contribution in [0.15, 0.2) is 22.8 Å². The van der Waals surface area contributed by atoms with Gasteiger partial charge in [0, 0.05) is 23.3 Å². The predicted molar refractivity (Wildman–Crippen MR) is 143 cm³/mol. The number of ether oxygens (including phenoxy) is 1. The molecule has 3 unspecified atom stereocenters. The Bertz CT molecular complexity index is 860. The van der Waals surface area contributed by atoms with Crippen LogP contribution in [0.4, 0.5) is 0 Å². The average Bonchev–Trinajstić information content (AvgIpc) is 3.58. The average molecular weight is 505 g/mol. The number of carbonyl (C=O) groups is 2. The molecule has 1 saturated carbocycles. The van der Waals surface area contributed by atoms with Crippen LogP contribution in [-0.2, 0) is 18.8 Å². The molecule has 0 aromatic carbocycles. The lowest BCUT2D eigenvalue weighted by Crippen LogP contribution is -2.52. The van der Waals surface area contributed by atoms with Gasteiger partial charge < -0.3 is 14.3 Å². The topological polar surface area (TPSA) is 72.8 Å². The van der Waals surface area contributed by atoms with E-state index >= 15 is 0 Å². The number of fused-ring (bicyclic) bond motifs is 1. The minimum absolute atomic E-state index is 0.176. The van der Waals surface area contributed by atoms with E-state index in [1.165, 1.54) is 6.92 Å². The zero-order valence-corrected chi connectivity index (χ0v) is 24.2. The molecule has 3 aliphatic rings. The number of ketones is 1. The molecule has 0 radical (unpaired) electrons. The van der Waals surface area contributed by atoms with Crippen LogP contribution in [-0.4, -0.2) is 43.5 Å². The molecule has 1 spiro atoms. The molecule has 5 nitrogen and oxygen atoms in total. The van der Waals surface area contributed by atoms with Gasteiger partial charge in [-0.2, -0.15) is 0 Å². The molecule has 0 aromatic rings. The van der Waals surface area contributed by atoms with Gasteiger partial charge in [-0.1, -0.05) is 70.9 Å². The highest BCUT2D eigenvalue weighted by molar-refractivity contribution is 6.73. The first-order valence-electron chi connectivity index (χ1n) is 14.0. The first-order valence-corrected chi connectivity index (χ1v) is 16.5. The minimum Gasteiger partial charge on any atom is -0.465 e. The van der Waals surface area contributed by atoms with E-state index in [4.69, 9.17) is 9.16 Å². The summed E-state index contributed by atoms with van der Waals surface area (Å²) >= 11 is 0. The van der Waals surface area contributed by atoms with Crippen LogP contribution in [0.5, 0.6) is 0 Å². The van der Waals surface area contributed by atoms with Gasteiger partial charge in [0.25, 0.3) is 0 Å². The number of aliphatic hydroxyl groups is 1. The van der Waals surface area contributed by atoms with Gasteiger partial charge in [0.2, 0.25) is 0 Å². The van der Waals surface area contributed by atoms with Gasteiger partial charge in [0.1, 0.15) is 12.2 Å². The lowest BCUT2D eigenvalue weighted by atomic mass is 9.67. The van der Waals surface area contributed by atoms with Crippen LogP contribution in [0, 0.1) is 10.8 Å². The summed E-state index contributed by atoms with van der Waals surface area (Å²) in [4.78, 5) is 25.5. The fourth-order valence-corrected chi connectivity index (χ4v) is 11.5. The third-order valence-electron chi connectivity index (χ3n) is 9.03. The quantitative estimate of drug-likeness (QED) is 0.224. The van der Waals surface area contributed by atoms with Crippen LogP contribution < -0.4 is 0 Å². The lowest BCUT2D eigenvalue weighted by Gasteiger charge is -2.44. The first kappa shape index (κ1) is 28.3. The second-order valence-electron chi connectivity index (χ2n) is 11.9. The molecule has 3 atom stereocenters. The van der Waals surface area contributed by atoms with E-state index in [0.717, 1.165) is 80.6 Å². The summed E-state index contributed by atoms with van der Waals surface area (Å²) in [5.41, 5.74) is 0.168. The van der Waals surface area contributed by atoms with Crippen LogP contribution in [0.2, 0.25) is 18.1 Å². The Morgan fingerprint density at radius 2 is 1.57 bits per heavy atom. The van der Waals surface area contributed by atoms with Crippen molar-refractivity contribution in [3.8, 4) is 0 Å². The maximum atomic E-state index is 13.7. The van der Waals surface area contributed by atoms with Crippen molar-refractivity contribution < 1.29 is 23.9 Å². The largest absolute Gasteiger partial charge is 0.465 e. The maximum absolute atomic E-state index is 13.7. The fraction of sp³-hybridized carbons (Fsp3) is 0.793. The third kappa shape index (κ3) is 5.13. The molecule has 0 saturated heterocycles. The molecular weight excluding hydrogens is 456 g/mol. The Kier molecular flexibility index (Phi) is 8.60. The summed E-state index contributed by atoms with van der Waals surface area (Å²) in [7, 11) is -2.14. The standard InChI is InChI=1S/C29H48O5Si/c1-8-11-16-35(17-12-9-2,18-13-10-3)34-26-24-21(4)29(14-15-29)28(7,32)25(31)23(24)19-27(26,6)20-33-22(5)30/h19,26,32H,8-18,20H2,1-7H3. The molecule has 0 bridgehead atoms. The van der Waals surface area contributed by atoms with E-state index in [1.54, 1.807) is 6.92 Å². The molecule has 1 fully saturated rings. The summed E-state index contributed by atoms with van der Waals surface area (Å²) < 4.78 is 13.0. The van der Waals surface area contributed by atoms with E-state index < -0.39 is 24.7 Å². The second-order valence-corrected chi connectivity index (χ2v) is 16.0. The summed E-state index contributed by atoms with van der Waals surface area (Å²) in [6, 6.07) is 3.38. The van der Waals surface area contributed by atoms with Crippen molar-refractivity contribution in [2.45, 2.75) is 130 Å². The molecule has 0 amide bonds. The van der Waals surface area contributed by atoms with Gasteiger partial charge in [0.05, 0.1) is 6.10 Å². The van der Waals surface area contributed by atoms with Crippen molar-refractivity contribution in [2.75, 3.05) is 6.61 Å². The zero-order valence-electron chi connectivity index (χ0n) is 23.2. The molecule has 35 heavy (non-hydrogen) atoms. The summed E-state index contributed by atoms with van der Waals surface area (Å²) in [5.74, 6) is -0.522. The molecule has 0 aromatic heterocycles. The molecule has 6 heteroatoms. The van der Waals surface area contributed by atoms with Crippen molar-refractivity contribution in [1.29, 1.82) is 0 Å². The molecule has 3 rings (SSSR count). The van der Waals surface area contributed by atoms with E-state index in [2.05, 4.69) is 34.6 Å². The van der Waals surface area contributed by atoms with E-state index in [9.17, 15) is 14.7 Å². The summed E-state index contributed by atoms with van der Waals surface area (Å²) in [6.07, 6.45) is 10.2. The van der Waals surface area contributed by atoms with Gasteiger partial charge in [-0.05, 0) is 57.3 Å². The molecule has 0 aliphatic heterocycles. The van der Waals surface area contributed by atoms with Gasteiger partial charge in [0.15, 0.2) is 14.1 Å². The number of hydrogen-bond acceptors (Lipinski definition) is 5. The van der Waals surface area contributed by atoms with Gasteiger partial charge in [-0.25, -0.2) is 0 Å². The molecule has 0 heterocycles. The van der Waals surface area contributed by atoms with Crippen LogP contribution in [0.1, 0.15) is 99.8 Å². The van der Waals surface area contributed by atoms with Crippen molar-refractivity contribution in [3.63, 3.8) is 0 Å². The molecule has 3 aliphatic carbocycles. The SMILES string of the molecule is CCCC[Si](CCCC)(CCCC)OC1C2=C(C)C3(CC3)C(C)(O)C(=O)C2=CC1(C)COC(C)=O. The summed E-state index contributed by atoms with van der Waals surface area (Å²) in [5, 5.41) is 11.4. The third-order valence-corrected chi connectivity index (χ3v) is 13.6. The Hall–Kier alpha value is -1.24. The Labute approximate surface area is 213 Å². The number of unbranched alkanes of at least 4 members (excludes halogenated alkanes) is 3. The highest BCUT2D eigenvalue weighted by Crippen LogP contribution is 2.66. The van der Waals surface area contributed by atoms with Crippen LogP contribution in [0.3, 0.4) is 0 Å². The monoisotopic (exact) mass is 504 g/mol. The van der Waals surface area contributed by atoms with Crippen LogP contribution in [0.25, 0.3) is 0 Å². The lowest BCUT2D eigenvalue weighted by molar-refractivity contribution is -0.144. The van der Waals surface area contributed by atoms with Crippen molar-refractivity contribution in [2.24, 2.45) is 10.8 Å². The van der Waals surface area contributed by atoms with E-state index in [-0.39, 0.29) is 24.5 Å². The molecular formula is C29H48O5Si. The predicted octanol–water partition coefficient (Wildman–Crippen LogP) is 6.66. The Morgan fingerprint density at radius 1 is 1.06 bits per heavy atom. The van der Waals surface area contributed by atoms with Gasteiger partial charge in [-0.15, -0.1) is 0 Å². The van der Waals surface area contributed by atoms with E-state index in [1.807, 2.05) is 6.08 Å². The van der Waals surface area contributed by atoms with Crippen molar-refractivity contribution in [3.05, 3.63) is 22.8 Å². The first-order chi connectivity index (χ1) is 16.4. The number of rotatable bonds is 13. The highest BCUT2D eigenvalue weighted by Gasteiger charge is 2.67. The number of Topliss-reactive ketones (excluding diaryl/α,β-unsaturated/α-hetero) is 1. The number of esters is 1. The van der Waals surface area contributed by atoms with Crippen molar-refractivity contribution >= 4 is 20.1 Å². The van der Waals surface area contributed by atoms with Gasteiger partial charge >= 0.3 is 5.97 Å².